The summed E-state index contributed by atoms with van der Waals surface area (Å²) in [6, 6.07) is 9.84. The Kier molecular flexibility index (Phi) is 7.12. The number of anilines is 1. The molecular formula is C27H24ClF3N8S. The molecule has 8 nitrogen and oxygen atoms in total. The molecule has 0 atom stereocenters. The highest BCUT2D eigenvalue weighted by Gasteiger charge is 2.29. The summed E-state index contributed by atoms with van der Waals surface area (Å²) in [4.78, 5) is 11.6. The van der Waals surface area contributed by atoms with E-state index < -0.39 is 12.6 Å². The summed E-state index contributed by atoms with van der Waals surface area (Å²) < 4.78 is 40.5. The molecular weight excluding hydrogens is 561 g/mol. The van der Waals surface area contributed by atoms with Crippen molar-refractivity contribution in [1.29, 1.82) is 5.26 Å². The zero-order valence-corrected chi connectivity index (χ0v) is 22.7. The highest BCUT2D eigenvalue weighted by Crippen LogP contribution is 2.34. The smallest absolute Gasteiger partial charge is 0.367 e. The number of nitrogens with zero attached hydrogens (tertiary/aromatic N) is 6. The first-order valence-corrected chi connectivity index (χ1v) is 13.9. The molecule has 1 aliphatic heterocycles. The quantitative estimate of drug-likeness (QED) is 0.239. The van der Waals surface area contributed by atoms with Crippen LogP contribution in [0.25, 0.3) is 21.1 Å². The number of nitrogens with one attached hydrogen (secondary N) is 2. The first-order valence-electron chi connectivity index (χ1n) is 12.7. The largest absolute Gasteiger partial charge is 0.393 e. The van der Waals surface area contributed by atoms with Crippen LogP contribution in [0.5, 0.6) is 0 Å². The maximum absolute atomic E-state index is 12.9. The van der Waals surface area contributed by atoms with Crippen LogP contribution < -0.4 is 5.32 Å². The van der Waals surface area contributed by atoms with Crippen LogP contribution in [0.1, 0.15) is 34.5 Å². The molecule has 0 bridgehead atoms. The second kappa shape index (κ2) is 10.7. The number of H-pyrrole nitrogens is 1. The van der Waals surface area contributed by atoms with E-state index in [0.29, 0.717) is 39.8 Å². The van der Waals surface area contributed by atoms with E-state index in [9.17, 15) is 18.4 Å². The average Bonchev–Trinajstić information content (AvgIpc) is 3.66. The van der Waals surface area contributed by atoms with Crippen molar-refractivity contribution in [3.8, 4) is 6.07 Å². The van der Waals surface area contributed by atoms with E-state index in [1.807, 2.05) is 22.8 Å². The SMILES string of the molecule is N#Cc1cc2c(Cl)c(CN3CCC(Nc4ncnc5sc(CC(F)(F)F)cc45)CC3)ccc2n1Cc1cn[nH]c1. The Labute approximate surface area is 236 Å². The van der Waals surface area contributed by atoms with E-state index in [2.05, 4.69) is 36.5 Å². The van der Waals surface area contributed by atoms with E-state index in [1.54, 1.807) is 18.5 Å². The van der Waals surface area contributed by atoms with Crippen molar-refractivity contribution in [1.82, 2.24) is 29.6 Å². The fourth-order valence-corrected chi connectivity index (χ4v) is 6.55. The van der Waals surface area contributed by atoms with Gasteiger partial charge in [-0.25, -0.2) is 9.97 Å². The average molecular weight is 585 g/mol. The van der Waals surface area contributed by atoms with Gasteiger partial charge in [0.15, 0.2) is 0 Å². The van der Waals surface area contributed by atoms with Crippen molar-refractivity contribution >= 4 is 49.9 Å². The summed E-state index contributed by atoms with van der Waals surface area (Å²) in [5.74, 6) is 0.579. The van der Waals surface area contributed by atoms with Gasteiger partial charge in [-0.1, -0.05) is 17.7 Å². The molecule has 40 heavy (non-hydrogen) atoms. The van der Waals surface area contributed by atoms with Crippen molar-refractivity contribution < 1.29 is 13.2 Å². The van der Waals surface area contributed by atoms with Crippen LogP contribution in [0.15, 0.2) is 43.0 Å². The molecule has 0 spiro atoms. The predicted octanol–water partition coefficient (Wildman–Crippen LogP) is 6.12. The Hall–Kier alpha value is -3.66. The van der Waals surface area contributed by atoms with E-state index in [-0.39, 0.29) is 10.9 Å². The molecule has 0 amide bonds. The lowest BCUT2D eigenvalue weighted by molar-refractivity contribution is -0.126. The fourth-order valence-electron chi connectivity index (χ4n) is 5.25. The van der Waals surface area contributed by atoms with Crippen LogP contribution in [0, 0.1) is 11.3 Å². The second-order valence-corrected chi connectivity index (χ2v) is 11.4. The van der Waals surface area contributed by atoms with Crippen molar-refractivity contribution in [2.45, 2.75) is 44.6 Å². The van der Waals surface area contributed by atoms with Crippen LogP contribution in [0.3, 0.4) is 0 Å². The molecule has 5 aromatic rings. The predicted molar refractivity (Wildman–Crippen MR) is 148 cm³/mol. The van der Waals surface area contributed by atoms with Gasteiger partial charge >= 0.3 is 6.18 Å². The van der Waals surface area contributed by atoms with Crippen molar-refractivity contribution in [2.75, 3.05) is 18.4 Å². The summed E-state index contributed by atoms with van der Waals surface area (Å²) >= 11 is 7.91. The standard InChI is InChI=1S/C27H24ClF3N8S/c28-24-17(1-2-23-21(24)7-19(10-32)39(23)13-16-11-35-36-12-16)14-38-5-3-18(4-6-38)37-25-22-8-20(9-27(29,30)31)40-26(22)34-15-33-25/h1-2,7-8,11-12,15,18H,3-6,9,13-14H2,(H,35,36)(H,33,34,37). The number of aromatic nitrogens is 5. The molecule has 0 saturated carbocycles. The molecule has 1 fully saturated rings. The molecule has 0 unspecified atom stereocenters. The van der Waals surface area contributed by atoms with E-state index >= 15 is 0 Å². The van der Waals surface area contributed by atoms with E-state index in [1.165, 1.54) is 6.33 Å². The Balaban J connectivity index is 1.12. The number of halogens is 4. The third-order valence-electron chi connectivity index (χ3n) is 7.19. The minimum absolute atomic E-state index is 0.147. The minimum Gasteiger partial charge on any atom is -0.367 e. The number of aromatic amines is 1. The molecule has 6 rings (SSSR count). The van der Waals surface area contributed by atoms with Crippen molar-refractivity contribution in [3.05, 3.63) is 69.7 Å². The van der Waals surface area contributed by atoms with Crippen LogP contribution in [0.2, 0.25) is 5.02 Å². The molecule has 0 aliphatic carbocycles. The molecule has 4 aromatic heterocycles. The number of nitriles is 1. The number of hydrogen-bond acceptors (Lipinski definition) is 7. The summed E-state index contributed by atoms with van der Waals surface area (Å²) in [6.07, 6.45) is 1.42. The highest BCUT2D eigenvalue weighted by molar-refractivity contribution is 7.18. The molecule has 13 heteroatoms. The number of piperidine rings is 1. The third kappa shape index (κ3) is 5.50. The van der Waals surface area contributed by atoms with Gasteiger partial charge in [-0.05, 0) is 36.6 Å². The number of fused-ring (bicyclic) bond motifs is 2. The number of rotatable bonds is 7. The van der Waals surface area contributed by atoms with Gasteiger partial charge in [0.25, 0.3) is 0 Å². The molecule has 1 saturated heterocycles. The maximum atomic E-state index is 12.9. The van der Waals surface area contributed by atoms with E-state index in [0.717, 1.165) is 59.3 Å². The molecule has 5 heterocycles. The number of benzene rings is 1. The van der Waals surface area contributed by atoms with Gasteiger partial charge in [0, 0.05) is 47.7 Å². The lowest BCUT2D eigenvalue weighted by Crippen LogP contribution is -2.38. The van der Waals surface area contributed by atoms with Gasteiger partial charge in [-0.2, -0.15) is 23.5 Å². The van der Waals surface area contributed by atoms with Gasteiger partial charge in [0.05, 0.1) is 35.1 Å². The zero-order valence-electron chi connectivity index (χ0n) is 21.2. The zero-order chi connectivity index (χ0) is 27.9. The first-order chi connectivity index (χ1) is 19.3. The number of hydrogen-bond donors (Lipinski definition) is 2. The topological polar surface area (TPSA) is 98.5 Å². The Morgan fingerprint density at radius 1 is 1.15 bits per heavy atom. The minimum atomic E-state index is -4.26. The Morgan fingerprint density at radius 3 is 2.70 bits per heavy atom. The van der Waals surface area contributed by atoms with Crippen LogP contribution in [-0.2, 0) is 19.5 Å². The van der Waals surface area contributed by atoms with Crippen LogP contribution in [-0.4, -0.2) is 54.9 Å². The Morgan fingerprint density at radius 2 is 1.98 bits per heavy atom. The molecule has 206 valence electrons. The highest BCUT2D eigenvalue weighted by atomic mass is 35.5. The molecule has 1 aliphatic rings. The summed E-state index contributed by atoms with van der Waals surface area (Å²) in [5, 5.41) is 22.1. The van der Waals surface area contributed by atoms with Gasteiger partial charge in [-0.3, -0.25) is 10.00 Å². The first kappa shape index (κ1) is 26.6. The van der Waals surface area contributed by atoms with Crippen molar-refractivity contribution in [2.24, 2.45) is 0 Å². The van der Waals surface area contributed by atoms with Gasteiger partial charge in [-0.15, -0.1) is 11.3 Å². The number of alkyl halides is 3. The molecule has 0 radical (unpaired) electrons. The summed E-state index contributed by atoms with van der Waals surface area (Å²) in [6.45, 7) is 2.86. The van der Waals surface area contributed by atoms with Gasteiger partial charge in [0.1, 0.15) is 28.7 Å². The lowest BCUT2D eigenvalue weighted by Gasteiger charge is -2.33. The number of thiophene rings is 1. The van der Waals surface area contributed by atoms with Crippen molar-refractivity contribution in [3.63, 3.8) is 0 Å². The maximum Gasteiger partial charge on any atom is 0.393 e. The van der Waals surface area contributed by atoms with E-state index in [4.69, 9.17) is 11.6 Å². The summed E-state index contributed by atoms with van der Waals surface area (Å²) in [7, 11) is 0. The Bertz CT molecular complexity index is 1690. The van der Waals surface area contributed by atoms with Crippen LogP contribution in [0.4, 0.5) is 19.0 Å². The molecule has 1 aromatic carbocycles. The van der Waals surface area contributed by atoms with Gasteiger partial charge < -0.3 is 9.88 Å². The lowest BCUT2D eigenvalue weighted by atomic mass is 10.0. The third-order valence-corrected chi connectivity index (χ3v) is 8.68. The van der Waals surface area contributed by atoms with Crippen LogP contribution >= 0.6 is 22.9 Å². The monoisotopic (exact) mass is 584 g/mol. The van der Waals surface area contributed by atoms with Gasteiger partial charge in [0.2, 0.25) is 0 Å². The fraction of sp³-hybridized carbons (Fsp3) is 0.333. The normalized spacial score (nSPS) is 15.2. The summed E-state index contributed by atoms with van der Waals surface area (Å²) in [5.41, 5.74) is 3.40. The molecule has 2 N–H and O–H groups in total. The number of likely N-dealkylation sites (tertiary alicyclic amines) is 1. The second-order valence-electron chi connectivity index (χ2n) is 9.95.